The molecule has 2 heterocycles. The van der Waals surface area contributed by atoms with Crippen LogP contribution in [0, 0.1) is 5.92 Å². The third-order valence-electron chi connectivity index (χ3n) is 3.82. The van der Waals surface area contributed by atoms with Gasteiger partial charge in [-0.2, -0.15) is 0 Å². The molecule has 0 aliphatic carbocycles. The van der Waals surface area contributed by atoms with E-state index in [2.05, 4.69) is 15.6 Å². The minimum absolute atomic E-state index is 0.218. The van der Waals surface area contributed by atoms with Crippen LogP contribution in [-0.2, 0) is 20.7 Å². The van der Waals surface area contributed by atoms with Crippen molar-refractivity contribution < 1.29 is 18.7 Å². The van der Waals surface area contributed by atoms with Crippen LogP contribution < -0.4 is 10.6 Å². The van der Waals surface area contributed by atoms with Crippen molar-refractivity contribution in [3.8, 4) is 0 Å². The monoisotopic (exact) mass is 365 g/mol. The summed E-state index contributed by atoms with van der Waals surface area (Å²) in [5.74, 6) is 1.87. The molecule has 0 amide bonds. The number of aliphatic imine (C=N–C) groups is 1. The van der Waals surface area contributed by atoms with Crippen molar-refractivity contribution in [2.75, 3.05) is 32.8 Å². The molecule has 1 aromatic rings. The van der Waals surface area contributed by atoms with Crippen LogP contribution in [0.5, 0.6) is 0 Å². The zero-order valence-corrected chi connectivity index (χ0v) is 16.0. The van der Waals surface area contributed by atoms with Gasteiger partial charge in [-0.3, -0.25) is 9.79 Å². The lowest BCUT2D eigenvalue weighted by molar-refractivity contribution is -0.154. The Hall–Kier alpha value is -2.02. The Labute approximate surface area is 155 Å². The van der Waals surface area contributed by atoms with Crippen LogP contribution in [-0.4, -0.2) is 50.4 Å². The van der Waals surface area contributed by atoms with Crippen LogP contribution in [0.1, 0.15) is 39.4 Å². The third kappa shape index (κ3) is 8.38. The molecule has 0 bridgehead atoms. The quantitative estimate of drug-likeness (QED) is 0.417. The molecule has 0 aromatic carbocycles. The Balaban J connectivity index is 1.77. The molecule has 7 nitrogen and oxygen atoms in total. The van der Waals surface area contributed by atoms with E-state index in [4.69, 9.17) is 13.9 Å². The van der Waals surface area contributed by atoms with Crippen LogP contribution in [0.15, 0.2) is 27.8 Å². The van der Waals surface area contributed by atoms with Gasteiger partial charge in [0.1, 0.15) is 11.4 Å². The second-order valence-electron chi connectivity index (χ2n) is 7.44. The van der Waals surface area contributed by atoms with Gasteiger partial charge in [-0.05, 0) is 39.3 Å². The Morgan fingerprint density at radius 1 is 1.35 bits per heavy atom. The largest absolute Gasteiger partial charge is 0.469 e. The molecule has 1 atom stereocenters. The maximum absolute atomic E-state index is 11.8. The van der Waals surface area contributed by atoms with Gasteiger partial charge >= 0.3 is 5.97 Å². The first-order valence-electron chi connectivity index (χ1n) is 9.26. The molecule has 1 saturated heterocycles. The molecule has 1 aliphatic rings. The Kier molecular flexibility index (Phi) is 7.97. The van der Waals surface area contributed by atoms with Crippen LogP contribution in [0.4, 0.5) is 0 Å². The number of esters is 1. The van der Waals surface area contributed by atoms with E-state index >= 15 is 0 Å². The normalized spacial score (nSPS) is 18.0. The van der Waals surface area contributed by atoms with Gasteiger partial charge in [-0.15, -0.1) is 0 Å². The first-order valence-corrected chi connectivity index (χ1v) is 9.26. The van der Waals surface area contributed by atoms with Crippen molar-refractivity contribution >= 4 is 11.9 Å². The Morgan fingerprint density at radius 2 is 2.15 bits per heavy atom. The van der Waals surface area contributed by atoms with Crippen molar-refractivity contribution in [3.63, 3.8) is 0 Å². The van der Waals surface area contributed by atoms with E-state index < -0.39 is 5.60 Å². The minimum atomic E-state index is -0.461. The van der Waals surface area contributed by atoms with Gasteiger partial charge in [0.15, 0.2) is 5.96 Å². The summed E-state index contributed by atoms with van der Waals surface area (Å²) < 4.78 is 16.1. The van der Waals surface area contributed by atoms with Crippen LogP contribution in [0.3, 0.4) is 0 Å². The predicted molar refractivity (Wildman–Crippen MR) is 100 cm³/mol. The summed E-state index contributed by atoms with van der Waals surface area (Å²) in [5.41, 5.74) is -0.461. The number of rotatable bonds is 8. The van der Waals surface area contributed by atoms with Crippen molar-refractivity contribution in [2.24, 2.45) is 10.9 Å². The van der Waals surface area contributed by atoms with Gasteiger partial charge in [0, 0.05) is 38.6 Å². The third-order valence-corrected chi connectivity index (χ3v) is 3.82. The number of furan rings is 1. The molecule has 7 heteroatoms. The highest BCUT2D eigenvalue weighted by Gasteiger charge is 2.17. The summed E-state index contributed by atoms with van der Waals surface area (Å²) in [6.45, 7) is 9.06. The molecule has 2 rings (SSSR count). The molecule has 1 aliphatic heterocycles. The van der Waals surface area contributed by atoms with Gasteiger partial charge in [-0.1, -0.05) is 0 Å². The average Bonchev–Trinajstić information content (AvgIpc) is 3.24. The zero-order valence-electron chi connectivity index (χ0n) is 16.0. The van der Waals surface area contributed by atoms with E-state index in [0.717, 1.165) is 31.8 Å². The van der Waals surface area contributed by atoms with Crippen molar-refractivity contribution in [1.82, 2.24) is 10.6 Å². The molecule has 2 N–H and O–H groups in total. The van der Waals surface area contributed by atoms with E-state index in [1.54, 1.807) is 6.26 Å². The number of nitrogens with zero attached hydrogens (tertiary/aromatic N) is 1. The highest BCUT2D eigenvalue weighted by Crippen LogP contribution is 2.12. The summed E-state index contributed by atoms with van der Waals surface area (Å²) in [6, 6.07) is 3.83. The molecule has 1 fully saturated rings. The van der Waals surface area contributed by atoms with Crippen molar-refractivity contribution in [3.05, 3.63) is 24.2 Å². The number of carbonyl (C=O) groups excluding carboxylic acids is 1. The van der Waals surface area contributed by atoms with Gasteiger partial charge in [0.2, 0.25) is 0 Å². The summed E-state index contributed by atoms with van der Waals surface area (Å²) in [4.78, 5) is 16.5. The fourth-order valence-corrected chi connectivity index (χ4v) is 2.56. The zero-order chi connectivity index (χ0) is 18.8. The van der Waals surface area contributed by atoms with E-state index in [1.807, 2.05) is 32.9 Å². The van der Waals surface area contributed by atoms with E-state index in [0.29, 0.717) is 37.9 Å². The lowest BCUT2D eigenvalue weighted by Crippen LogP contribution is -2.40. The van der Waals surface area contributed by atoms with E-state index in [9.17, 15) is 4.79 Å². The number of hydrogen-bond acceptors (Lipinski definition) is 5. The van der Waals surface area contributed by atoms with E-state index in [-0.39, 0.29) is 5.97 Å². The van der Waals surface area contributed by atoms with Gasteiger partial charge in [0.05, 0.1) is 19.3 Å². The Morgan fingerprint density at radius 3 is 2.81 bits per heavy atom. The number of guanidine groups is 1. The van der Waals surface area contributed by atoms with Gasteiger partial charge in [0.25, 0.3) is 0 Å². The number of hydrogen-bond donors (Lipinski definition) is 2. The number of ether oxygens (including phenoxy) is 2. The second kappa shape index (κ2) is 10.2. The van der Waals surface area contributed by atoms with Gasteiger partial charge < -0.3 is 24.5 Å². The highest BCUT2D eigenvalue weighted by molar-refractivity contribution is 5.80. The molecule has 0 spiro atoms. The van der Waals surface area contributed by atoms with Crippen LogP contribution >= 0.6 is 0 Å². The standard InChI is InChI=1S/C19H31N3O4/c1-19(2,3)26-17(23)7-10-21-18(22-13-15-8-12-24-14-15)20-9-6-16-5-4-11-25-16/h4-5,11,15H,6-10,12-14H2,1-3H3,(H2,20,21,22). The van der Waals surface area contributed by atoms with Crippen LogP contribution in [0.25, 0.3) is 0 Å². The maximum atomic E-state index is 11.8. The summed E-state index contributed by atoms with van der Waals surface area (Å²) in [5, 5.41) is 6.50. The highest BCUT2D eigenvalue weighted by atomic mass is 16.6. The molecule has 146 valence electrons. The predicted octanol–water partition coefficient (Wildman–Crippen LogP) is 2.13. The molecule has 26 heavy (non-hydrogen) atoms. The summed E-state index contributed by atoms with van der Waals surface area (Å²) in [6.07, 6.45) is 3.78. The molecule has 0 saturated carbocycles. The molecular formula is C19H31N3O4. The van der Waals surface area contributed by atoms with Crippen LogP contribution in [0.2, 0.25) is 0 Å². The van der Waals surface area contributed by atoms with Crippen molar-refractivity contribution in [1.29, 1.82) is 0 Å². The average molecular weight is 365 g/mol. The maximum Gasteiger partial charge on any atom is 0.308 e. The lowest BCUT2D eigenvalue weighted by Gasteiger charge is -2.19. The van der Waals surface area contributed by atoms with Gasteiger partial charge in [-0.25, -0.2) is 0 Å². The molecule has 1 unspecified atom stereocenters. The number of nitrogens with one attached hydrogen (secondary N) is 2. The SMILES string of the molecule is CC(C)(C)OC(=O)CCNC(=NCC1CCOC1)NCCc1ccco1. The van der Waals surface area contributed by atoms with Crippen molar-refractivity contribution in [2.45, 2.75) is 45.6 Å². The minimum Gasteiger partial charge on any atom is -0.469 e. The topological polar surface area (TPSA) is 85.1 Å². The number of carbonyl (C=O) groups is 1. The second-order valence-corrected chi connectivity index (χ2v) is 7.44. The van der Waals surface area contributed by atoms with E-state index in [1.165, 1.54) is 0 Å². The fourth-order valence-electron chi connectivity index (χ4n) is 2.56. The molecular weight excluding hydrogens is 334 g/mol. The first-order chi connectivity index (χ1) is 12.4. The molecule has 1 aromatic heterocycles. The molecule has 0 radical (unpaired) electrons. The summed E-state index contributed by atoms with van der Waals surface area (Å²) in [7, 11) is 0. The fraction of sp³-hybridized carbons (Fsp3) is 0.684. The smallest absolute Gasteiger partial charge is 0.308 e. The Bertz CT molecular complexity index is 558. The summed E-state index contributed by atoms with van der Waals surface area (Å²) >= 11 is 0. The first kappa shape index (κ1) is 20.3. The lowest BCUT2D eigenvalue weighted by atomic mass is 10.1.